The van der Waals surface area contributed by atoms with Crippen LogP contribution in [0.3, 0.4) is 0 Å². The summed E-state index contributed by atoms with van der Waals surface area (Å²) in [6.07, 6.45) is 4.48. The topological polar surface area (TPSA) is 55.0 Å². The van der Waals surface area contributed by atoms with Crippen molar-refractivity contribution in [2.45, 2.75) is 32.4 Å². The Hall–Kier alpha value is -1.65. The van der Waals surface area contributed by atoms with Crippen LogP contribution < -0.4 is 10.6 Å². The lowest BCUT2D eigenvalue weighted by atomic mass is 10.1. The summed E-state index contributed by atoms with van der Waals surface area (Å²) in [5.74, 6) is 0.700. The molecule has 1 aromatic heterocycles. The van der Waals surface area contributed by atoms with Crippen molar-refractivity contribution in [2.75, 3.05) is 11.9 Å². The number of hydrogen-bond acceptors (Lipinski definition) is 4. The average molecular weight is 305 g/mol. The minimum absolute atomic E-state index is 0.116. The van der Waals surface area contributed by atoms with E-state index in [4.69, 9.17) is 17.3 Å². The minimum atomic E-state index is 0.116. The van der Waals surface area contributed by atoms with Gasteiger partial charge in [0.1, 0.15) is 0 Å². The van der Waals surface area contributed by atoms with Crippen molar-refractivity contribution in [2.24, 2.45) is 5.73 Å². The van der Waals surface area contributed by atoms with E-state index in [-0.39, 0.29) is 12.1 Å². The first kappa shape index (κ1) is 15.7. The Labute approximate surface area is 131 Å². The molecule has 1 heterocycles. The molecule has 112 valence electrons. The lowest BCUT2D eigenvalue weighted by Crippen LogP contribution is -2.24. The molecule has 1 aromatic carbocycles. The van der Waals surface area contributed by atoms with Crippen molar-refractivity contribution < 1.29 is 0 Å². The third-order valence-corrected chi connectivity index (χ3v) is 3.75. The second-order valence-electron chi connectivity index (χ2n) is 5.41. The number of nitrogens with zero attached hydrogens (tertiary/aromatic N) is 3. The van der Waals surface area contributed by atoms with Gasteiger partial charge in [-0.2, -0.15) is 0 Å². The standard InChI is InChI=1S/C16H21ClN4/c1-11(18)8-13-9-19-16(20-10-13)21(3)12(2)14-4-6-15(17)7-5-14/h4-7,9-12H,8,18H2,1-3H3. The highest BCUT2D eigenvalue weighted by Crippen LogP contribution is 2.23. The normalized spacial score (nSPS) is 13.8. The van der Waals surface area contributed by atoms with Crippen LogP contribution in [0, 0.1) is 0 Å². The summed E-state index contributed by atoms with van der Waals surface area (Å²) in [5.41, 5.74) is 8.01. The van der Waals surface area contributed by atoms with Gasteiger partial charge in [0.2, 0.25) is 5.95 Å². The van der Waals surface area contributed by atoms with E-state index in [0.717, 1.165) is 17.0 Å². The molecule has 0 saturated heterocycles. The zero-order valence-electron chi connectivity index (χ0n) is 12.6. The summed E-state index contributed by atoms with van der Waals surface area (Å²) < 4.78 is 0. The highest BCUT2D eigenvalue weighted by molar-refractivity contribution is 6.30. The van der Waals surface area contributed by atoms with Gasteiger partial charge in [0.15, 0.2) is 0 Å². The van der Waals surface area contributed by atoms with Crippen LogP contribution in [0.5, 0.6) is 0 Å². The van der Waals surface area contributed by atoms with Gasteiger partial charge < -0.3 is 10.6 Å². The lowest BCUT2D eigenvalue weighted by molar-refractivity contribution is 0.705. The quantitative estimate of drug-likeness (QED) is 0.921. The first-order chi connectivity index (χ1) is 9.97. The monoisotopic (exact) mass is 304 g/mol. The minimum Gasteiger partial charge on any atom is -0.337 e. The SMILES string of the molecule is CC(N)Cc1cnc(N(C)C(C)c2ccc(Cl)cc2)nc1. The van der Waals surface area contributed by atoms with E-state index in [0.29, 0.717) is 5.95 Å². The van der Waals surface area contributed by atoms with Crippen LogP contribution >= 0.6 is 11.6 Å². The number of aromatic nitrogens is 2. The molecule has 2 unspecified atom stereocenters. The Morgan fingerprint density at radius 1 is 1.14 bits per heavy atom. The van der Waals surface area contributed by atoms with Gasteiger partial charge in [-0.25, -0.2) is 9.97 Å². The molecule has 2 aromatic rings. The summed E-state index contributed by atoms with van der Waals surface area (Å²) >= 11 is 5.92. The molecule has 0 fully saturated rings. The van der Waals surface area contributed by atoms with Gasteiger partial charge in [0.05, 0.1) is 6.04 Å². The summed E-state index contributed by atoms with van der Waals surface area (Å²) in [4.78, 5) is 10.9. The Balaban J connectivity index is 2.11. The molecule has 2 N–H and O–H groups in total. The van der Waals surface area contributed by atoms with Gasteiger partial charge in [-0.1, -0.05) is 23.7 Å². The Kier molecular flexibility index (Phi) is 5.15. The molecule has 0 aliphatic rings. The van der Waals surface area contributed by atoms with Crippen LogP contribution in [0.4, 0.5) is 5.95 Å². The van der Waals surface area contributed by atoms with Crippen molar-refractivity contribution in [3.05, 3.63) is 52.8 Å². The number of hydrogen-bond donors (Lipinski definition) is 1. The average Bonchev–Trinajstić information content (AvgIpc) is 2.47. The van der Waals surface area contributed by atoms with Gasteiger partial charge in [-0.05, 0) is 43.5 Å². The molecule has 2 atom stereocenters. The molecule has 5 heteroatoms. The van der Waals surface area contributed by atoms with E-state index in [9.17, 15) is 0 Å². The predicted molar refractivity (Wildman–Crippen MR) is 87.7 cm³/mol. The third kappa shape index (κ3) is 4.16. The molecular weight excluding hydrogens is 284 g/mol. The first-order valence-corrected chi connectivity index (χ1v) is 7.40. The maximum Gasteiger partial charge on any atom is 0.225 e. The fraction of sp³-hybridized carbons (Fsp3) is 0.375. The number of benzene rings is 1. The van der Waals surface area contributed by atoms with Crippen molar-refractivity contribution in [3.63, 3.8) is 0 Å². The van der Waals surface area contributed by atoms with Crippen LogP contribution in [-0.4, -0.2) is 23.1 Å². The van der Waals surface area contributed by atoms with Crippen LogP contribution in [-0.2, 0) is 6.42 Å². The Morgan fingerprint density at radius 2 is 1.71 bits per heavy atom. The third-order valence-electron chi connectivity index (χ3n) is 3.50. The molecule has 0 amide bonds. The van der Waals surface area contributed by atoms with Gasteiger partial charge in [-0.15, -0.1) is 0 Å². The molecule has 0 aliphatic carbocycles. The van der Waals surface area contributed by atoms with Crippen LogP contribution in [0.15, 0.2) is 36.7 Å². The van der Waals surface area contributed by atoms with Gasteiger partial charge in [0.25, 0.3) is 0 Å². The molecule has 21 heavy (non-hydrogen) atoms. The van der Waals surface area contributed by atoms with Gasteiger partial charge in [0, 0.05) is 30.5 Å². The van der Waals surface area contributed by atoms with E-state index in [1.54, 1.807) is 0 Å². The summed E-state index contributed by atoms with van der Waals surface area (Å²) in [7, 11) is 1.99. The molecule has 0 spiro atoms. The second-order valence-corrected chi connectivity index (χ2v) is 5.85. The largest absolute Gasteiger partial charge is 0.337 e. The van der Waals surface area contributed by atoms with E-state index in [1.807, 2.05) is 55.5 Å². The Bertz CT molecular complexity index is 566. The summed E-state index contributed by atoms with van der Waals surface area (Å²) in [5, 5.41) is 0.741. The number of nitrogens with two attached hydrogens (primary N) is 1. The molecular formula is C16H21ClN4. The van der Waals surface area contributed by atoms with Crippen LogP contribution in [0.2, 0.25) is 5.02 Å². The number of halogens is 1. The van der Waals surface area contributed by atoms with E-state index < -0.39 is 0 Å². The Morgan fingerprint density at radius 3 is 2.24 bits per heavy atom. The van der Waals surface area contributed by atoms with E-state index in [1.165, 1.54) is 5.56 Å². The molecule has 0 radical (unpaired) electrons. The van der Waals surface area contributed by atoms with Crippen LogP contribution in [0.25, 0.3) is 0 Å². The highest BCUT2D eigenvalue weighted by Gasteiger charge is 2.14. The van der Waals surface area contributed by atoms with Gasteiger partial charge >= 0.3 is 0 Å². The van der Waals surface area contributed by atoms with Crippen molar-refractivity contribution in [1.29, 1.82) is 0 Å². The van der Waals surface area contributed by atoms with Crippen LogP contribution in [0.1, 0.15) is 31.0 Å². The number of anilines is 1. The fourth-order valence-corrected chi connectivity index (χ4v) is 2.27. The first-order valence-electron chi connectivity index (χ1n) is 7.02. The maximum absolute atomic E-state index is 5.92. The van der Waals surface area contributed by atoms with Crippen molar-refractivity contribution in [3.8, 4) is 0 Å². The summed E-state index contributed by atoms with van der Waals surface area (Å²) in [6, 6.07) is 8.12. The van der Waals surface area contributed by atoms with Gasteiger partial charge in [-0.3, -0.25) is 0 Å². The number of rotatable bonds is 5. The molecule has 0 saturated carbocycles. The smallest absolute Gasteiger partial charge is 0.225 e. The zero-order valence-corrected chi connectivity index (χ0v) is 13.4. The van der Waals surface area contributed by atoms with Crippen molar-refractivity contribution in [1.82, 2.24) is 9.97 Å². The van der Waals surface area contributed by atoms with E-state index in [2.05, 4.69) is 16.9 Å². The summed E-state index contributed by atoms with van der Waals surface area (Å²) in [6.45, 7) is 4.09. The predicted octanol–water partition coefficient (Wildman–Crippen LogP) is 3.22. The maximum atomic E-state index is 5.92. The lowest BCUT2D eigenvalue weighted by Gasteiger charge is -2.25. The van der Waals surface area contributed by atoms with E-state index >= 15 is 0 Å². The molecule has 4 nitrogen and oxygen atoms in total. The highest BCUT2D eigenvalue weighted by atomic mass is 35.5. The second kappa shape index (κ2) is 6.87. The zero-order chi connectivity index (χ0) is 15.4. The molecule has 0 bridgehead atoms. The van der Waals surface area contributed by atoms with Crippen molar-refractivity contribution >= 4 is 17.5 Å². The fourth-order valence-electron chi connectivity index (χ4n) is 2.15. The molecule has 0 aliphatic heterocycles. The molecule has 2 rings (SSSR count).